The Kier molecular flexibility index (Phi) is 4.93. The first-order valence-electron chi connectivity index (χ1n) is 7.01. The van der Waals surface area contributed by atoms with Crippen LogP contribution < -0.4 is 5.32 Å². The van der Waals surface area contributed by atoms with E-state index in [1.807, 2.05) is 19.9 Å². The van der Waals surface area contributed by atoms with Gasteiger partial charge in [0.1, 0.15) is 11.6 Å². The largest absolute Gasteiger partial charge is 0.370 e. The molecule has 0 radical (unpaired) electrons. The summed E-state index contributed by atoms with van der Waals surface area (Å²) >= 11 is 3.30. The summed E-state index contributed by atoms with van der Waals surface area (Å²) in [5.74, 6) is 1.38. The minimum Gasteiger partial charge on any atom is -0.370 e. The van der Waals surface area contributed by atoms with Crippen molar-refractivity contribution < 1.29 is 4.39 Å². The number of aromatic nitrogens is 2. The van der Waals surface area contributed by atoms with Crippen LogP contribution in [0.15, 0.2) is 22.7 Å². The standard InChI is InChI=1S/C16H19BrFN3/c1-5-19-16-14(9(2)3)10(4)20-15(21-16)11-6-12(17)8-13(18)7-11/h6-9H,5H2,1-4H3,(H,19,20,21). The summed E-state index contributed by atoms with van der Waals surface area (Å²) in [6.45, 7) is 9.01. The van der Waals surface area contributed by atoms with Gasteiger partial charge in [0.2, 0.25) is 0 Å². The maximum Gasteiger partial charge on any atom is 0.161 e. The van der Waals surface area contributed by atoms with Gasteiger partial charge in [0.25, 0.3) is 0 Å². The summed E-state index contributed by atoms with van der Waals surface area (Å²) in [5.41, 5.74) is 2.70. The van der Waals surface area contributed by atoms with E-state index in [-0.39, 0.29) is 5.82 Å². The Balaban J connectivity index is 2.60. The fourth-order valence-electron chi connectivity index (χ4n) is 2.39. The summed E-state index contributed by atoms with van der Waals surface area (Å²) in [6.07, 6.45) is 0. The molecule has 0 aliphatic rings. The van der Waals surface area contributed by atoms with Gasteiger partial charge < -0.3 is 5.32 Å². The molecular formula is C16H19BrFN3. The second-order valence-electron chi connectivity index (χ2n) is 5.24. The summed E-state index contributed by atoms with van der Waals surface area (Å²) in [6, 6.07) is 4.69. The lowest BCUT2D eigenvalue weighted by Gasteiger charge is -2.16. The molecule has 112 valence electrons. The molecule has 5 heteroatoms. The minimum atomic E-state index is -0.307. The van der Waals surface area contributed by atoms with Crippen molar-refractivity contribution in [1.29, 1.82) is 0 Å². The number of benzene rings is 1. The zero-order chi connectivity index (χ0) is 15.6. The van der Waals surface area contributed by atoms with Gasteiger partial charge in [-0.2, -0.15) is 0 Å². The third kappa shape index (κ3) is 3.59. The highest BCUT2D eigenvalue weighted by Crippen LogP contribution is 2.29. The van der Waals surface area contributed by atoms with Gasteiger partial charge in [0.15, 0.2) is 5.82 Å². The second-order valence-corrected chi connectivity index (χ2v) is 6.15. The van der Waals surface area contributed by atoms with E-state index in [0.29, 0.717) is 21.8 Å². The van der Waals surface area contributed by atoms with Crippen LogP contribution in [0, 0.1) is 12.7 Å². The van der Waals surface area contributed by atoms with Crippen molar-refractivity contribution in [3.05, 3.63) is 39.7 Å². The first kappa shape index (κ1) is 15.9. The number of rotatable bonds is 4. The quantitative estimate of drug-likeness (QED) is 0.850. The third-order valence-corrected chi connectivity index (χ3v) is 3.64. The Labute approximate surface area is 133 Å². The highest BCUT2D eigenvalue weighted by molar-refractivity contribution is 9.10. The van der Waals surface area contributed by atoms with Crippen molar-refractivity contribution >= 4 is 21.7 Å². The van der Waals surface area contributed by atoms with Gasteiger partial charge in [-0.25, -0.2) is 14.4 Å². The molecule has 0 aliphatic heterocycles. The molecule has 0 atom stereocenters. The van der Waals surface area contributed by atoms with E-state index in [1.165, 1.54) is 12.1 Å². The van der Waals surface area contributed by atoms with Gasteiger partial charge in [0, 0.05) is 27.8 Å². The smallest absolute Gasteiger partial charge is 0.161 e. The SMILES string of the molecule is CCNc1nc(-c2cc(F)cc(Br)c2)nc(C)c1C(C)C. The van der Waals surface area contributed by atoms with Crippen LogP contribution in [0.25, 0.3) is 11.4 Å². The lowest BCUT2D eigenvalue weighted by molar-refractivity contribution is 0.627. The fourth-order valence-corrected chi connectivity index (χ4v) is 2.85. The zero-order valence-electron chi connectivity index (χ0n) is 12.7. The zero-order valence-corrected chi connectivity index (χ0v) is 14.3. The number of halogens is 2. The van der Waals surface area contributed by atoms with E-state index in [0.717, 1.165) is 23.6 Å². The molecule has 0 saturated heterocycles. The van der Waals surface area contributed by atoms with Crippen molar-refractivity contribution in [2.45, 2.75) is 33.6 Å². The molecule has 0 bridgehead atoms. The average molecular weight is 352 g/mol. The Morgan fingerprint density at radius 1 is 1.24 bits per heavy atom. The van der Waals surface area contributed by atoms with Crippen LogP contribution >= 0.6 is 15.9 Å². The van der Waals surface area contributed by atoms with E-state index in [4.69, 9.17) is 0 Å². The van der Waals surface area contributed by atoms with Crippen LogP contribution in [0.4, 0.5) is 10.2 Å². The summed E-state index contributed by atoms with van der Waals surface area (Å²) in [5, 5.41) is 3.28. The van der Waals surface area contributed by atoms with Crippen LogP contribution in [-0.2, 0) is 0 Å². The first-order chi connectivity index (χ1) is 9.92. The minimum absolute atomic E-state index is 0.307. The van der Waals surface area contributed by atoms with Gasteiger partial charge in [-0.15, -0.1) is 0 Å². The van der Waals surface area contributed by atoms with Crippen LogP contribution in [0.5, 0.6) is 0 Å². The monoisotopic (exact) mass is 351 g/mol. The predicted octanol–water partition coefficient (Wildman–Crippen LogP) is 4.91. The van der Waals surface area contributed by atoms with Gasteiger partial charge in [0.05, 0.1) is 0 Å². The van der Waals surface area contributed by atoms with Gasteiger partial charge >= 0.3 is 0 Å². The van der Waals surface area contributed by atoms with Gasteiger partial charge in [-0.1, -0.05) is 29.8 Å². The molecule has 0 aliphatic carbocycles. The average Bonchev–Trinajstić information content (AvgIpc) is 2.36. The van der Waals surface area contributed by atoms with Crippen molar-refractivity contribution in [3.8, 4) is 11.4 Å². The van der Waals surface area contributed by atoms with Crippen LogP contribution in [-0.4, -0.2) is 16.5 Å². The van der Waals surface area contributed by atoms with Gasteiger partial charge in [-0.05, 0) is 38.0 Å². The lowest BCUT2D eigenvalue weighted by Crippen LogP contribution is -2.09. The molecule has 21 heavy (non-hydrogen) atoms. The summed E-state index contributed by atoms with van der Waals surface area (Å²) in [4.78, 5) is 9.14. The predicted molar refractivity (Wildman–Crippen MR) is 88.1 cm³/mol. The molecule has 0 spiro atoms. The molecule has 1 N–H and O–H groups in total. The van der Waals surface area contributed by atoms with Crippen molar-refractivity contribution in [3.63, 3.8) is 0 Å². The van der Waals surface area contributed by atoms with Crippen LogP contribution in [0.2, 0.25) is 0 Å². The summed E-state index contributed by atoms with van der Waals surface area (Å²) < 4.78 is 14.2. The molecule has 2 aromatic rings. The van der Waals surface area contributed by atoms with Crippen molar-refractivity contribution in [2.24, 2.45) is 0 Å². The molecule has 0 fully saturated rings. The number of hydrogen-bond donors (Lipinski definition) is 1. The van der Waals surface area contributed by atoms with Crippen molar-refractivity contribution in [2.75, 3.05) is 11.9 Å². The molecule has 1 aromatic heterocycles. The Morgan fingerprint density at radius 2 is 1.95 bits per heavy atom. The molecule has 0 amide bonds. The maximum atomic E-state index is 13.6. The highest BCUT2D eigenvalue weighted by Gasteiger charge is 2.15. The number of hydrogen-bond acceptors (Lipinski definition) is 3. The highest BCUT2D eigenvalue weighted by atomic mass is 79.9. The second kappa shape index (κ2) is 6.52. The number of anilines is 1. The van der Waals surface area contributed by atoms with Crippen LogP contribution in [0.3, 0.4) is 0 Å². The molecular weight excluding hydrogens is 333 g/mol. The Morgan fingerprint density at radius 3 is 2.52 bits per heavy atom. The fraction of sp³-hybridized carbons (Fsp3) is 0.375. The van der Waals surface area contributed by atoms with E-state index in [9.17, 15) is 4.39 Å². The van der Waals surface area contributed by atoms with Crippen LogP contribution in [0.1, 0.15) is 37.9 Å². The van der Waals surface area contributed by atoms with E-state index >= 15 is 0 Å². The molecule has 0 unspecified atom stereocenters. The molecule has 3 nitrogen and oxygen atoms in total. The molecule has 0 saturated carbocycles. The Hall–Kier alpha value is -1.49. The number of aryl methyl sites for hydroxylation is 1. The lowest BCUT2D eigenvalue weighted by atomic mass is 10.0. The molecule has 1 aromatic carbocycles. The topological polar surface area (TPSA) is 37.8 Å². The van der Waals surface area contributed by atoms with Gasteiger partial charge in [-0.3, -0.25) is 0 Å². The summed E-state index contributed by atoms with van der Waals surface area (Å²) in [7, 11) is 0. The molecule has 1 heterocycles. The first-order valence-corrected chi connectivity index (χ1v) is 7.80. The maximum absolute atomic E-state index is 13.6. The normalized spacial score (nSPS) is 11.0. The van der Waals surface area contributed by atoms with Crippen molar-refractivity contribution in [1.82, 2.24) is 9.97 Å². The Bertz CT molecular complexity index is 636. The number of nitrogens with zero attached hydrogens (tertiary/aromatic N) is 2. The van der Waals surface area contributed by atoms with E-state index < -0.39 is 0 Å². The number of nitrogens with one attached hydrogen (secondary N) is 1. The third-order valence-electron chi connectivity index (χ3n) is 3.18. The van der Waals surface area contributed by atoms with E-state index in [2.05, 4.69) is 45.1 Å². The van der Waals surface area contributed by atoms with E-state index in [1.54, 1.807) is 0 Å². The molecule has 2 rings (SSSR count).